The number of fused-ring (bicyclic) bond motifs is 1. The Morgan fingerprint density at radius 2 is 2.37 bits per heavy atom. The minimum atomic E-state index is -0.741. The number of nitrogens with zero attached hydrogens (tertiary/aromatic N) is 2. The molecule has 0 aliphatic carbocycles. The van der Waals surface area contributed by atoms with Crippen LogP contribution < -0.4 is 4.74 Å². The summed E-state index contributed by atoms with van der Waals surface area (Å²) < 4.78 is 5.62. The van der Waals surface area contributed by atoms with E-state index in [0.717, 1.165) is 43.7 Å². The van der Waals surface area contributed by atoms with Crippen LogP contribution in [-0.2, 0) is 5.60 Å². The lowest BCUT2D eigenvalue weighted by atomic mass is 9.86. The number of aliphatic hydroxyl groups is 1. The zero-order valence-corrected chi connectivity index (χ0v) is 11.5. The van der Waals surface area contributed by atoms with Crippen molar-refractivity contribution in [1.29, 1.82) is 0 Å². The molecule has 19 heavy (non-hydrogen) atoms. The Morgan fingerprint density at radius 1 is 1.47 bits per heavy atom. The highest BCUT2D eigenvalue weighted by Crippen LogP contribution is 2.43. The van der Waals surface area contributed by atoms with Crippen molar-refractivity contribution in [3.8, 4) is 5.75 Å². The molecule has 2 unspecified atom stereocenters. The Kier molecular flexibility index (Phi) is 3.46. The third-order valence-corrected chi connectivity index (χ3v) is 4.38. The van der Waals surface area contributed by atoms with Crippen molar-refractivity contribution in [2.24, 2.45) is 0 Å². The highest BCUT2D eigenvalue weighted by molar-refractivity contribution is 5.31. The monoisotopic (exact) mass is 262 g/mol. The van der Waals surface area contributed by atoms with Crippen LogP contribution in [0, 0.1) is 0 Å². The lowest BCUT2D eigenvalue weighted by Crippen LogP contribution is -2.38. The summed E-state index contributed by atoms with van der Waals surface area (Å²) in [6, 6.07) is 2.22. The molecule has 2 atom stereocenters. The highest BCUT2D eigenvalue weighted by Gasteiger charge is 2.49. The van der Waals surface area contributed by atoms with Crippen molar-refractivity contribution < 1.29 is 9.84 Å². The molecule has 1 aromatic rings. The number of aromatic nitrogens is 1. The smallest absolute Gasteiger partial charge is 0.137 e. The first kappa shape index (κ1) is 12.9. The van der Waals surface area contributed by atoms with Crippen LogP contribution in [0.4, 0.5) is 0 Å². The predicted octanol–water partition coefficient (Wildman–Crippen LogP) is 1.93. The highest BCUT2D eigenvalue weighted by atomic mass is 16.5. The van der Waals surface area contributed by atoms with E-state index in [1.165, 1.54) is 6.42 Å². The van der Waals surface area contributed by atoms with Crippen LogP contribution in [0.1, 0.15) is 38.2 Å². The molecule has 1 aromatic heterocycles. The number of hydrogen-bond donors (Lipinski definition) is 1. The molecule has 0 amide bonds. The zero-order valence-electron chi connectivity index (χ0n) is 11.5. The Hall–Kier alpha value is -1.13. The number of pyridine rings is 1. The Bertz CT molecular complexity index is 452. The summed E-state index contributed by atoms with van der Waals surface area (Å²) in [5, 5.41) is 11.0. The maximum Gasteiger partial charge on any atom is 0.137 e. The SMILES string of the molecule is CCCOc1cncc(C2(O)CCN3CCCC32)c1. The van der Waals surface area contributed by atoms with E-state index < -0.39 is 5.60 Å². The number of ether oxygens (including phenoxy) is 1. The molecule has 104 valence electrons. The van der Waals surface area contributed by atoms with Gasteiger partial charge in [-0.05, 0) is 38.3 Å². The lowest BCUT2D eigenvalue weighted by molar-refractivity contribution is 0.00885. The van der Waals surface area contributed by atoms with Crippen molar-refractivity contribution in [3.63, 3.8) is 0 Å². The van der Waals surface area contributed by atoms with Gasteiger partial charge in [-0.3, -0.25) is 9.88 Å². The van der Waals surface area contributed by atoms with Crippen LogP contribution in [0.15, 0.2) is 18.5 Å². The summed E-state index contributed by atoms with van der Waals surface area (Å²) in [5.41, 5.74) is 0.172. The summed E-state index contributed by atoms with van der Waals surface area (Å²) in [6.07, 6.45) is 7.56. The van der Waals surface area contributed by atoms with E-state index in [1.54, 1.807) is 12.4 Å². The molecule has 0 bridgehead atoms. The fourth-order valence-corrected chi connectivity index (χ4v) is 3.41. The van der Waals surface area contributed by atoms with E-state index in [2.05, 4.69) is 16.8 Å². The molecule has 4 nitrogen and oxygen atoms in total. The molecule has 2 aliphatic heterocycles. The van der Waals surface area contributed by atoms with Gasteiger partial charge in [-0.2, -0.15) is 0 Å². The van der Waals surface area contributed by atoms with Crippen LogP contribution in [-0.4, -0.2) is 40.7 Å². The third-order valence-electron chi connectivity index (χ3n) is 4.38. The molecule has 2 aliphatic rings. The van der Waals surface area contributed by atoms with Gasteiger partial charge >= 0.3 is 0 Å². The normalized spacial score (nSPS) is 30.5. The first-order chi connectivity index (χ1) is 9.24. The van der Waals surface area contributed by atoms with Gasteiger partial charge in [0.05, 0.1) is 12.8 Å². The second kappa shape index (κ2) is 5.10. The van der Waals surface area contributed by atoms with Crippen LogP contribution in [0.25, 0.3) is 0 Å². The van der Waals surface area contributed by atoms with Gasteiger partial charge in [0.15, 0.2) is 0 Å². The Morgan fingerprint density at radius 3 is 3.21 bits per heavy atom. The molecule has 0 aromatic carbocycles. The maximum absolute atomic E-state index is 11.0. The van der Waals surface area contributed by atoms with Crippen molar-refractivity contribution in [3.05, 3.63) is 24.0 Å². The molecular formula is C15H22N2O2. The standard InChI is InChI=1S/C15H22N2O2/c1-2-8-19-13-9-12(10-16-11-13)15(18)5-7-17-6-3-4-14(15)17/h9-11,14,18H,2-8H2,1H3. The topological polar surface area (TPSA) is 45.6 Å². The van der Waals surface area contributed by atoms with Gasteiger partial charge in [0.25, 0.3) is 0 Å². The molecular weight excluding hydrogens is 240 g/mol. The predicted molar refractivity (Wildman–Crippen MR) is 73.1 cm³/mol. The van der Waals surface area contributed by atoms with Gasteiger partial charge in [-0.25, -0.2) is 0 Å². The quantitative estimate of drug-likeness (QED) is 0.900. The Balaban J connectivity index is 1.84. The van der Waals surface area contributed by atoms with E-state index in [9.17, 15) is 5.11 Å². The first-order valence-electron chi connectivity index (χ1n) is 7.29. The van der Waals surface area contributed by atoms with Gasteiger partial charge in [0.2, 0.25) is 0 Å². The van der Waals surface area contributed by atoms with Gasteiger partial charge in [0.1, 0.15) is 11.4 Å². The summed E-state index contributed by atoms with van der Waals surface area (Å²) in [4.78, 5) is 6.64. The molecule has 3 heterocycles. The molecule has 0 saturated carbocycles. The summed E-state index contributed by atoms with van der Waals surface area (Å²) in [7, 11) is 0. The van der Waals surface area contributed by atoms with Crippen molar-refractivity contribution in [2.75, 3.05) is 19.7 Å². The summed E-state index contributed by atoms with van der Waals surface area (Å²) in [6.45, 7) is 4.88. The second-order valence-electron chi connectivity index (χ2n) is 5.63. The fraction of sp³-hybridized carbons (Fsp3) is 0.667. The second-order valence-corrected chi connectivity index (χ2v) is 5.63. The van der Waals surface area contributed by atoms with Gasteiger partial charge in [0, 0.05) is 24.3 Å². The zero-order chi connectivity index (χ0) is 13.3. The fourth-order valence-electron chi connectivity index (χ4n) is 3.41. The van der Waals surface area contributed by atoms with Gasteiger partial charge in [-0.15, -0.1) is 0 Å². The van der Waals surface area contributed by atoms with E-state index in [1.807, 2.05) is 6.07 Å². The minimum absolute atomic E-state index is 0.260. The Labute approximate surface area is 114 Å². The molecule has 2 fully saturated rings. The average molecular weight is 262 g/mol. The van der Waals surface area contributed by atoms with E-state index in [4.69, 9.17) is 4.74 Å². The molecule has 1 N–H and O–H groups in total. The molecule has 2 saturated heterocycles. The third kappa shape index (κ3) is 2.23. The first-order valence-corrected chi connectivity index (χ1v) is 7.29. The average Bonchev–Trinajstić information content (AvgIpc) is 3.02. The van der Waals surface area contributed by atoms with Crippen LogP contribution >= 0.6 is 0 Å². The molecule has 0 spiro atoms. The largest absolute Gasteiger partial charge is 0.492 e. The van der Waals surface area contributed by atoms with E-state index in [0.29, 0.717) is 6.61 Å². The van der Waals surface area contributed by atoms with Crippen LogP contribution in [0.5, 0.6) is 5.75 Å². The number of hydrogen-bond acceptors (Lipinski definition) is 4. The summed E-state index contributed by atoms with van der Waals surface area (Å²) in [5.74, 6) is 0.768. The lowest BCUT2D eigenvalue weighted by Gasteiger charge is -2.30. The van der Waals surface area contributed by atoms with Crippen LogP contribution in [0.3, 0.4) is 0 Å². The van der Waals surface area contributed by atoms with Gasteiger partial charge < -0.3 is 9.84 Å². The molecule has 0 radical (unpaired) electrons. The van der Waals surface area contributed by atoms with E-state index >= 15 is 0 Å². The number of rotatable bonds is 4. The summed E-state index contributed by atoms with van der Waals surface area (Å²) >= 11 is 0. The van der Waals surface area contributed by atoms with Crippen LogP contribution in [0.2, 0.25) is 0 Å². The van der Waals surface area contributed by atoms with Crippen molar-refractivity contribution in [2.45, 2.75) is 44.2 Å². The van der Waals surface area contributed by atoms with Crippen molar-refractivity contribution in [1.82, 2.24) is 9.88 Å². The maximum atomic E-state index is 11.0. The van der Waals surface area contributed by atoms with E-state index in [-0.39, 0.29) is 6.04 Å². The van der Waals surface area contributed by atoms with Gasteiger partial charge in [-0.1, -0.05) is 6.92 Å². The molecule has 4 heteroatoms. The molecule has 3 rings (SSSR count). The minimum Gasteiger partial charge on any atom is -0.492 e. The van der Waals surface area contributed by atoms with Crippen molar-refractivity contribution >= 4 is 0 Å².